The molecule has 0 aromatic rings. The van der Waals surface area contributed by atoms with Gasteiger partial charge in [-0.2, -0.15) is 0 Å². The molecule has 0 bridgehead atoms. The van der Waals surface area contributed by atoms with E-state index in [1.807, 2.05) is 0 Å². The molecule has 1 aliphatic heterocycles. The van der Waals surface area contributed by atoms with E-state index >= 15 is 0 Å². The molecule has 0 aromatic heterocycles. The van der Waals surface area contributed by atoms with E-state index in [4.69, 9.17) is 4.79 Å². The van der Waals surface area contributed by atoms with Gasteiger partial charge in [0.2, 0.25) is 0 Å². The molecule has 0 atom stereocenters. The second-order valence-corrected chi connectivity index (χ2v) is 2.73. The summed E-state index contributed by atoms with van der Waals surface area (Å²) in [5.41, 5.74) is 0. The van der Waals surface area contributed by atoms with Crippen molar-refractivity contribution >= 4 is 6.29 Å². The van der Waals surface area contributed by atoms with Gasteiger partial charge in [-0.3, -0.25) is 0 Å². The van der Waals surface area contributed by atoms with Gasteiger partial charge in [0, 0.05) is 0 Å². The number of hydrogen-bond donors (Lipinski definition) is 0. The van der Waals surface area contributed by atoms with Crippen LogP contribution in [0.4, 0.5) is 0 Å². The first-order chi connectivity index (χ1) is 5.35. The van der Waals surface area contributed by atoms with E-state index in [9.17, 15) is 0 Å². The van der Waals surface area contributed by atoms with Crippen LogP contribution in [0, 0.1) is 0 Å². The second kappa shape index (κ2) is 7.73. The molecule has 1 fully saturated rings. The number of carbonyl (C=O) groups excluding carboxylic acids is 1. The van der Waals surface area contributed by atoms with Gasteiger partial charge in [0.1, 0.15) is 6.29 Å². The fourth-order valence-corrected chi connectivity index (χ4v) is 1.28. The first-order valence-corrected chi connectivity index (χ1v) is 4.47. The quantitative estimate of drug-likeness (QED) is 0.540. The van der Waals surface area contributed by atoms with Crippen molar-refractivity contribution in [1.29, 1.82) is 0 Å². The molecular weight excluding hydrogens is 138 g/mol. The van der Waals surface area contributed by atoms with Crippen LogP contribution < -0.4 is 0 Å². The highest BCUT2D eigenvalue weighted by atomic mass is 16.1. The van der Waals surface area contributed by atoms with Gasteiger partial charge in [-0.25, -0.2) is 0 Å². The maximum absolute atomic E-state index is 8.81. The predicted molar refractivity (Wildman–Crippen MR) is 47.7 cm³/mol. The first-order valence-electron chi connectivity index (χ1n) is 4.47. The largest absolute Gasteiger partial charge is 0.304 e. The van der Waals surface area contributed by atoms with Gasteiger partial charge in [0.25, 0.3) is 0 Å². The van der Waals surface area contributed by atoms with Crippen LogP contribution in [0.1, 0.15) is 33.1 Å². The van der Waals surface area contributed by atoms with Crippen LogP contribution in [0.15, 0.2) is 0 Å². The van der Waals surface area contributed by atoms with Crippen LogP contribution in [-0.2, 0) is 4.79 Å². The number of rotatable bonds is 1. The normalized spacial score (nSPS) is 18.4. The van der Waals surface area contributed by atoms with Crippen LogP contribution in [-0.4, -0.2) is 30.8 Å². The zero-order chi connectivity index (χ0) is 8.53. The lowest BCUT2D eigenvalue weighted by Gasteiger charge is -2.24. The van der Waals surface area contributed by atoms with Crippen LogP contribution in [0.3, 0.4) is 0 Å². The van der Waals surface area contributed by atoms with E-state index in [-0.39, 0.29) is 0 Å². The van der Waals surface area contributed by atoms with Crippen molar-refractivity contribution in [1.82, 2.24) is 4.90 Å². The van der Waals surface area contributed by atoms with E-state index in [1.165, 1.54) is 45.8 Å². The average molecular weight is 157 g/mol. The molecule has 0 aromatic carbocycles. The minimum atomic E-state index is 0.750. The number of carbonyl (C=O) groups is 1. The Kier molecular flexibility index (Phi) is 7.47. The highest BCUT2D eigenvalue weighted by molar-refractivity contribution is 5.44. The maximum Gasteiger partial charge on any atom is 0.116 e. The molecule has 0 aliphatic carbocycles. The Bertz CT molecular complexity index is 87.6. The molecule has 1 heterocycles. The monoisotopic (exact) mass is 157 g/mol. The second-order valence-electron chi connectivity index (χ2n) is 2.73. The minimum Gasteiger partial charge on any atom is -0.304 e. The van der Waals surface area contributed by atoms with Crippen molar-refractivity contribution in [3.8, 4) is 0 Å². The molecule has 66 valence electrons. The number of hydrogen-bond acceptors (Lipinski definition) is 2. The van der Waals surface area contributed by atoms with Crippen molar-refractivity contribution < 1.29 is 4.79 Å². The lowest BCUT2D eigenvalue weighted by atomic mass is 10.1. The van der Waals surface area contributed by atoms with Crippen LogP contribution in [0.25, 0.3) is 0 Å². The molecule has 0 spiro atoms. The summed E-state index contributed by atoms with van der Waals surface area (Å²) in [7, 11) is 0. The molecule has 0 radical (unpaired) electrons. The Morgan fingerprint density at radius 1 is 1.27 bits per heavy atom. The summed E-state index contributed by atoms with van der Waals surface area (Å²) in [4.78, 5) is 11.3. The van der Waals surface area contributed by atoms with Gasteiger partial charge in [-0.05, 0) is 39.4 Å². The van der Waals surface area contributed by atoms with Crippen molar-refractivity contribution in [2.75, 3.05) is 19.6 Å². The fourth-order valence-electron chi connectivity index (χ4n) is 1.28. The number of likely N-dealkylation sites (tertiary alicyclic amines) is 1. The standard InChI is InChI=1S/C7H15N.C2H4O/c1-2-8-6-4-3-5-7-8;1-2-3/h2-7H2,1H3;2H,1H3. The highest BCUT2D eigenvalue weighted by Crippen LogP contribution is 2.06. The van der Waals surface area contributed by atoms with Gasteiger partial charge in [-0.1, -0.05) is 13.3 Å². The molecule has 1 saturated heterocycles. The smallest absolute Gasteiger partial charge is 0.116 e. The van der Waals surface area contributed by atoms with Gasteiger partial charge < -0.3 is 9.69 Å². The lowest BCUT2D eigenvalue weighted by molar-refractivity contribution is -0.106. The van der Waals surface area contributed by atoms with Gasteiger partial charge in [0.05, 0.1) is 0 Å². The van der Waals surface area contributed by atoms with Crippen LogP contribution >= 0.6 is 0 Å². The topological polar surface area (TPSA) is 20.3 Å². The van der Waals surface area contributed by atoms with Gasteiger partial charge in [-0.15, -0.1) is 0 Å². The van der Waals surface area contributed by atoms with Crippen LogP contribution in [0.2, 0.25) is 0 Å². The van der Waals surface area contributed by atoms with E-state index < -0.39 is 0 Å². The molecular formula is C9H19NO. The number of nitrogens with zero attached hydrogens (tertiary/aromatic N) is 1. The third-order valence-electron chi connectivity index (χ3n) is 1.90. The van der Waals surface area contributed by atoms with Crippen molar-refractivity contribution in [3.05, 3.63) is 0 Å². The number of aldehydes is 1. The Balaban J connectivity index is 0.000000292. The van der Waals surface area contributed by atoms with Gasteiger partial charge in [0.15, 0.2) is 0 Å². The molecule has 11 heavy (non-hydrogen) atoms. The predicted octanol–water partition coefficient (Wildman–Crippen LogP) is 1.70. The summed E-state index contributed by atoms with van der Waals surface area (Å²) >= 11 is 0. The summed E-state index contributed by atoms with van der Waals surface area (Å²) in [6, 6.07) is 0. The molecule has 2 nitrogen and oxygen atoms in total. The third kappa shape index (κ3) is 6.05. The highest BCUT2D eigenvalue weighted by Gasteiger charge is 2.05. The minimum absolute atomic E-state index is 0.750. The molecule has 0 saturated carbocycles. The van der Waals surface area contributed by atoms with E-state index in [0.29, 0.717) is 0 Å². The molecule has 1 rings (SSSR count). The van der Waals surface area contributed by atoms with Crippen molar-refractivity contribution in [3.63, 3.8) is 0 Å². The lowest BCUT2D eigenvalue weighted by Crippen LogP contribution is -2.29. The van der Waals surface area contributed by atoms with E-state index in [0.717, 1.165) is 6.29 Å². The third-order valence-corrected chi connectivity index (χ3v) is 1.90. The SMILES string of the molecule is CC=O.CCN1CCCCC1. The van der Waals surface area contributed by atoms with E-state index in [2.05, 4.69) is 11.8 Å². The van der Waals surface area contributed by atoms with Gasteiger partial charge >= 0.3 is 0 Å². The molecule has 0 amide bonds. The zero-order valence-corrected chi connectivity index (χ0v) is 7.68. The molecule has 0 N–H and O–H groups in total. The Hall–Kier alpha value is -0.370. The zero-order valence-electron chi connectivity index (χ0n) is 7.68. The molecule has 2 heteroatoms. The summed E-state index contributed by atoms with van der Waals surface area (Å²) in [6.45, 7) is 7.62. The summed E-state index contributed by atoms with van der Waals surface area (Å²) in [5.74, 6) is 0. The summed E-state index contributed by atoms with van der Waals surface area (Å²) in [5, 5.41) is 0. The molecule has 0 unspecified atom stereocenters. The average Bonchev–Trinajstić information content (AvgIpc) is 2.08. The Labute approximate surface area is 69.6 Å². The number of piperidine rings is 1. The summed E-state index contributed by atoms with van der Waals surface area (Å²) < 4.78 is 0. The first kappa shape index (κ1) is 10.6. The maximum atomic E-state index is 8.81. The molecule has 1 aliphatic rings. The van der Waals surface area contributed by atoms with Crippen molar-refractivity contribution in [2.24, 2.45) is 0 Å². The van der Waals surface area contributed by atoms with E-state index in [1.54, 1.807) is 0 Å². The summed E-state index contributed by atoms with van der Waals surface area (Å²) in [6.07, 6.45) is 5.05. The Morgan fingerprint density at radius 2 is 1.73 bits per heavy atom. The fraction of sp³-hybridized carbons (Fsp3) is 0.889. The van der Waals surface area contributed by atoms with Crippen molar-refractivity contribution in [2.45, 2.75) is 33.1 Å². The van der Waals surface area contributed by atoms with Crippen LogP contribution in [0.5, 0.6) is 0 Å². The Morgan fingerprint density at radius 3 is 2.00 bits per heavy atom.